The first kappa shape index (κ1) is 27.5. The smallest absolute Gasteiger partial charge is 0.240 e. The molecule has 0 aliphatic carbocycles. The summed E-state index contributed by atoms with van der Waals surface area (Å²) in [5.74, 6) is -0.238. The molecule has 1 aromatic carbocycles. The Balaban J connectivity index is 1.44. The van der Waals surface area contributed by atoms with E-state index in [2.05, 4.69) is 11.1 Å². The standard InChI is InChI=1S/C26H35N3O7S/c1-18-15-20(5-6-22(18)23-3-2-4-24(28-23)36-17-21(31)16-30)19-7-11-29(12-8-19)37(33,34)26(25(27)32)9-13-35-14-10-26/h2-6,15,19,21,30-31H,7-14,16-17H2,1H3,(H2,27,32)/t21-/m1/s1. The molecule has 10 nitrogen and oxygen atoms in total. The molecule has 2 aliphatic heterocycles. The lowest BCUT2D eigenvalue weighted by Gasteiger charge is -2.40. The zero-order valence-electron chi connectivity index (χ0n) is 21.0. The molecule has 37 heavy (non-hydrogen) atoms. The molecular formula is C26H35N3O7S. The van der Waals surface area contributed by atoms with E-state index in [9.17, 15) is 18.3 Å². The zero-order chi connectivity index (χ0) is 26.6. The number of piperidine rings is 1. The van der Waals surface area contributed by atoms with Gasteiger partial charge in [0, 0.05) is 50.8 Å². The molecule has 2 aliphatic rings. The molecule has 1 aromatic heterocycles. The van der Waals surface area contributed by atoms with Crippen LogP contribution in [0.1, 0.15) is 42.7 Å². The maximum atomic E-state index is 13.5. The van der Waals surface area contributed by atoms with E-state index < -0.39 is 26.8 Å². The molecule has 0 bridgehead atoms. The minimum atomic E-state index is -3.89. The van der Waals surface area contributed by atoms with E-state index in [-0.39, 0.29) is 45.2 Å². The molecule has 11 heteroatoms. The van der Waals surface area contributed by atoms with Crippen LogP contribution in [0.5, 0.6) is 5.88 Å². The molecule has 4 rings (SSSR count). The predicted octanol–water partition coefficient (Wildman–Crippen LogP) is 1.33. The highest BCUT2D eigenvalue weighted by Gasteiger charge is 2.53. The van der Waals surface area contributed by atoms with Crippen LogP contribution in [0.25, 0.3) is 11.3 Å². The Labute approximate surface area is 217 Å². The van der Waals surface area contributed by atoms with Gasteiger partial charge in [0.15, 0.2) is 4.75 Å². The molecule has 2 fully saturated rings. The van der Waals surface area contributed by atoms with Crippen molar-refractivity contribution in [3.8, 4) is 17.1 Å². The van der Waals surface area contributed by atoms with Crippen LogP contribution >= 0.6 is 0 Å². The number of benzene rings is 1. The van der Waals surface area contributed by atoms with E-state index in [0.717, 1.165) is 22.4 Å². The second-order valence-electron chi connectivity index (χ2n) is 9.73. The molecule has 2 aromatic rings. The fourth-order valence-corrected chi connectivity index (χ4v) is 7.24. The van der Waals surface area contributed by atoms with E-state index >= 15 is 0 Å². The van der Waals surface area contributed by atoms with Gasteiger partial charge in [0.1, 0.15) is 12.7 Å². The molecule has 0 saturated carbocycles. The minimum Gasteiger partial charge on any atom is -0.475 e. The van der Waals surface area contributed by atoms with E-state index in [1.54, 1.807) is 6.07 Å². The highest BCUT2D eigenvalue weighted by atomic mass is 32.2. The number of primary amides is 1. The lowest BCUT2D eigenvalue weighted by atomic mass is 9.88. The number of carbonyl (C=O) groups is 1. The van der Waals surface area contributed by atoms with Crippen LogP contribution in [0.4, 0.5) is 0 Å². The van der Waals surface area contributed by atoms with Gasteiger partial charge in [0.25, 0.3) is 0 Å². The number of nitrogens with zero attached hydrogens (tertiary/aromatic N) is 2. The highest BCUT2D eigenvalue weighted by molar-refractivity contribution is 7.91. The Morgan fingerprint density at radius 1 is 1.24 bits per heavy atom. The topological polar surface area (TPSA) is 152 Å². The van der Waals surface area contributed by atoms with E-state index in [1.165, 1.54) is 4.31 Å². The van der Waals surface area contributed by atoms with Crippen molar-refractivity contribution in [1.29, 1.82) is 0 Å². The fraction of sp³-hybridized carbons (Fsp3) is 0.538. The van der Waals surface area contributed by atoms with E-state index in [0.29, 0.717) is 31.8 Å². The van der Waals surface area contributed by atoms with Gasteiger partial charge in [0.2, 0.25) is 21.8 Å². The number of sulfonamides is 1. The summed E-state index contributed by atoms with van der Waals surface area (Å²) in [5.41, 5.74) is 9.44. The Morgan fingerprint density at radius 2 is 1.95 bits per heavy atom. The molecule has 1 atom stereocenters. The number of hydrogen-bond donors (Lipinski definition) is 3. The molecule has 2 saturated heterocycles. The first-order valence-corrected chi connectivity index (χ1v) is 14.0. The third-order valence-corrected chi connectivity index (χ3v) is 10.0. The van der Waals surface area contributed by atoms with Crippen molar-refractivity contribution in [3.05, 3.63) is 47.5 Å². The number of hydrogen-bond acceptors (Lipinski definition) is 8. The van der Waals surface area contributed by atoms with Crippen LogP contribution in [-0.4, -0.2) is 84.2 Å². The minimum absolute atomic E-state index is 0.0480. The van der Waals surface area contributed by atoms with Gasteiger partial charge in [-0.2, -0.15) is 0 Å². The number of ether oxygens (including phenoxy) is 2. The van der Waals surface area contributed by atoms with Crippen LogP contribution in [0, 0.1) is 6.92 Å². The largest absolute Gasteiger partial charge is 0.475 e. The van der Waals surface area contributed by atoms with Crippen LogP contribution in [-0.2, 0) is 19.6 Å². The Kier molecular flexibility index (Phi) is 8.49. The van der Waals surface area contributed by atoms with E-state index in [4.69, 9.17) is 20.3 Å². The summed E-state index contributed by atoms with van der Waals surface area (Å²) in [6.07, 6.45) is 0.517. The first-order valence-electron chi connectivity index (χ1n) is 12.5. The fourth-order valence-electron chi connectivity index (χ4n) is 5.12. The van der Waals surface area contributed by atoms with Gasteiger partial charge in [-0.15, -0.1) is 0 Å². The third kappa shape index (κ3) is 5.65. The van der Waals surface area contributed by atoms with Crippen LogP contribution in [0.3, 0.4) is 0 Å². The van der Waals surface area contributed by atoms with E-state index in [1.807, 2.05) is 31.2 Å². The van der Waals surface area contributed by atoms with Gasteiger partial charge in [-0.3, -0.25) is 4.79 Å². The van der Waals surface area contributed by atoms with Crippen molar-refractivity contribution in [2.75, 3.05) is 39.5 Å². The average Bonchev–Trinajstić information content (AvgIpc) is 2.92. The first-order chi connectivity index (χ1) is 17.7. The lowest BCUT2D eigenvalue weighted by Crippen LogP contribution is -2.59. The number of rotatable bonds is 9. The van der Waals surface area contributed by atoms with Crippen LogP contribution in [0.2, 0.25) is 0 Å². The van der Waals surface area contributed by atoms with Gasteiger partial charge in [-0.05, 0) is 42.9 Å². The Hall–Kier alpha value is -2.57. The quantitative estimate of drug-likeness (QED) is 0.437. The predicted molar refractivity (Wildman–Crippen MR) is 137 cm³/mol. The third-order valence-electron chi connectivity index (χ3n) is 7.39. The van der Waals surface area contributed by atoms with Crippen LogP contribution in [0.15, 0.2) is 36.4 Å². The van der Waals surface area contributed by atoms with Crippen molar-refractivity contribution in [1.82, 2.24) is 9.29 Å². The molecule has 1 amide bonds. The van der Waals surface area contributed by atoms with Gasteiger partial charge in [0.05, 0.1) is 12.3 Å². The number of carbonyl (C=O) groups excluding carboxylic acids is 1. The molecule has 4 N–H and O–H groups in total. The molecular weight excluding hydrogens is 498 g/mol. The molecule has 0 spiro atoms. The average molecular weight is 534 g/mol. The van der Waals surface area contributed by atoms with Crippen molar-refractivity contribution in [2.45, 2.75) is 49.4 Å². The van der Waals surface area contributed by atoms with Crippen LogP contribution < -0.4 is 10.5 Å². The van der Waals surface area contributed by atoms with Crippen molar-refractivity contribution in [3.63, 3.8) is 0 Å². The number of pyridine rings is 1. The lowest BCUT2D eigenvalue weighted by molar-refractivity contribution is -0.123. The SMILES string of the molecule is Cc1cc(C2CCN(S(=O)(=O)C3(C(N)=O)CCOCC3)CC2)ccc1-c1cccc(OC[C@H](O)CO)n1. The van der Waals surface area contributed by atoms with Gasteiger partial charge < -0.3 is 25.4 Å². The zero-order valence-corrected chi connectivity index (χ0v) is 21.8. The normalized spacial score (nSPS) is 19.9. The summed E-state index contributed by atoms with van der Waals surface area (Å²) >= 11 is 0. The highest BCUT2D eigenvalue weighted by Crippen LogP contribution is 2.37. The maximum absolute atomic E-state index is 13.5. The molecule has 202 valence electrons. The number of aryl methyl sites for hydroxylation is 1. The number of aliphatic hydroxyl groups is 2. The molecule has 3 heterocycles. The van der Waals surface area contributed by atoms with Gasteiger partial charge in [-0.25, -0.2) is 17.7 Å². The summed E-state index contributed by atoms with van der Waals surface area (Å²) in [4.78, 5) is 16.8. The van der Waals surface area contributed by atoms with Crippen molar-refractivity contribution >= 4 is 15.9 Å². The second kappa shape index (κ2) is 11.4. The number of nitrogens with two attached hydrogens (primary N) is 1. The Morgan fingerprint density at radius 3 is 2.57 bits per heavy atom. The number of aliphatic hydroxyl groups excluding tert-OH is 2. The van der Waals surface area contributed by atoms with Gasteiger partial charge >= 0.3 is 0 Å². The summed E-state index contributed by atoms with van der Waals surface area (Å²) < 4.78 is 37.5. The summed E-state index contributed by atoms with van der Waals surface area (Å²) in [6, 6.07) is 11.6. The molecule has 0 unspecified atom stereocenters. The summed E-state index contributed by atoms with van der Waals surface area (Å²) in [5, 5.41) is 18.5. The van der Waals surface area contributed by atoms with Crippen molar-refractivity contribution < 1.29 is 32.9 Å². The number of amides is 1. The molecule has 0 radical (unpaired) electrons. The second-order valence-corrected chi connectivity index (χ2v) is 12.0. The Bertz CT molecular complexity index is 1210. The summed E-state index contributed by atoms with van der Waals surface area (Å²) in [6.45, 7) is 2.66. The van der Waals surface area contributed by atoms with Gasteiger partial charge in [-0.1, -0.05) is 24.3 Å². The van der Waals surface area contributed by atoms with Crippen molar-refractivity contribution in [2.24, 2.45) is 5.73 Å². The number of aromatic nitrogens is 1. The maximum Gasteiger partial charge on any atom is 0.240 e. The summed E-state index contributed by atoms with van der Waals surface area (Å²) in [7, 11) is -3.89. The monoisotopic (exact) mass is 533 g/mol.